The van der Waals surface area contributed by atoms with E-state index >= 15 is 0 Å². The van der Waals surface area contributed by atoms with Gasteiger partial charge in [-0.25, -0.2) is 4.98 Å². The smallest absolute Gasteiger partial charge is 0.143 e. The van der Waals surface area contributed by atoms with Crippen molar-refractivity contribution in [2.45, 2.75) is 0 Å². The number of pyridine rings is 1. The number of hydrogen-bond acceptors (Lipinski definition) is 7. The van der Waals surface area contributed by atoms with E-state index in [2.05, 4.69) is 4.98 Å². The average molecular weight is 300 g/mol. The van der Waals surface area contributed by atoms with Crippen LogP contribution in [0.4, 0.5) is 11.5 Å². The van der Waals surface area contributed by atoms with Gasteiger partial charge in [-0.3, -0.25) is 0 Å². The van der Waals surface area contributed by atoms with Crippen LogP contribution in [0.25, 0.3) is 22.2 Å². The molecule has 0 atom stereocenters. The van der Waals surface area contributed by atoms with Crippen LogP contribution in [0.5, 0.6) is 0 Å². The lowest BCUT2D eigenvalue weighted by molar-refractivity contribution is 0.582. The minimum absolute atomic E-state index is 0.00925. The zero-order valence-electron chi connectivity index (χ0n) is 11.7. The molecule has 2 heterocycles. The van der Waals surface area contributed by atoms with E-state index < -0.39 is 0 Å². The van der Waals surface area contributed by atoms with Crippen molar-refractivity contribution in [2.24, 2.45) is 0 Å². The fourth-order valence-electron chi connectivity index (χ4n) is 2.45. The molecule has 0 fully saturated rings. The van der Waals surface area contributed by atoms with E-state index in [1.54, 1.807) is 18.2 Å². The summed E-state index contributed by atoms with van der Waals surface area (Å²) in [6.45, 7) is 0. The van der Waals surface area contributed by atoms with Crippen LogP contribution in [0.2, 0.25) is 0 Å². The number of nitriles is 3. The summed E-state index contributed by atoms with van der Waals surface area (Å²) >= 11 is 0. The molecule has 3 aromatic rings. The summed E-state index contributed by atoms with van der Waals surface area (Å²) in [6, 6.07) is 10.7. The van der Waals surface area contributed by atoms with E-state index in [1.165, 1.54) is 6.26 Å². The lowest BCUT2D eigenvalue weighted by Gasteiger charge is -2.11. The molecule has 0 bridgehead atoms. The molecule has 2 aromatic heterocycles. The first-order valence-electron chi connectivity index (χ1n) is 6.42. The topological polar surface area (TPSA) is 149 Å². The molecule has 0 aliphatic carbocycles. The second-order valence-electron chi connectivity index (χ2n) is 4.67. The van der Waals surface area contributed by atoms with Crippen LogP contribution in [-0.4, -0.2) is 4.98 Å². The number of hydrogen-bond donors (Lipinski definition) is 2. The maximum atomic E-state index is 9.44. The van der Waals surface area contributed by atoms with Crippen LogP contribution in [0.3, 0.4) is 0 Å². The number of fused-ring (bicyclic) bond motifs is 1. The van der Waals surface area contributed by atoms with Crippen molar-refractivity contribution in [1.82, 2.24) is 4.98 Å². The van der Waals surface area contributed by atoms with E-state index in [9.17, 15) is 15.8 Å². The van der Waals surface area contributed by atoms with Crippen molar-refractivity contribution in [3.05, 3.63) is 41.2 Å². The molecule has 4 N–H and O–H groups in total. The van der Waals surface area contributed by atoms with Crippen LogP contribution in [0.15, 0.2) is 28.9 Å². The first-order chi connectivity index (χ1) is 11.1. The minimum Gasteiger partial charge on any atom is -0.464 e. The number of nitrogens with two attached hydrogens (primary N) is 2. The minimum atomic E-state index is -0.0638. The SMILES string of the molecule is N#Cc1c(-c2ccco2)cc2nc(N)c(C#N)c(C#N)c2c1N. The predicted molar refractivity (Wildman–Crippen MR) is 82.4 cm³/mol. The van der Waals surface area contributed by atoms with Crippen molar-refractivity contribution in [3.8, 4) is 29.5 Å². The second kappa shape index (κ2) is 5.07. The van der Waals surface area contributed by atoms with Gasteiger partial charge in [-0.05, 0) is 18.2 Å². The summed E-state index contributed by atoms with van der Waals surface area (Å²) in [4.78, 5) is 4.13. The molecule has 7 nitrogen and oxygen atoms in total. The van der Waals surface area contributed by atoms with Gasteiger partial charge in [0.15, 0.2) is 0 Å². The monoisotopic (exact) mass is 300 g/mol. The fraction of sp³-hybridized carbons (Fsp3) is 0. The molecule has 7 heteroatoms. The summed E-state index contributed by atoms with van der Waals surface area (Å²) in [5.74, 6) is 0.379. The summed E-state index contributed by atoms with van der Waals surface area (Å²) in [6.07, 6.45) is 1.47. The lowest BCUT2D eigenvalue weighted by Crippen LogP contribution is -2.04. The van der Waals surface area contributed by atoms with E-state index in [4.69, 9.17) is 15.9 Å². The molecule has 0 amide bonds. The first kappa shape index (κ1) is 13.9. The van der Waals surface area contributed by atoms with Gasteiger partial charge in [0.2, 0.25) is 0 Å². The number of aromatic nitrogens is 1. The van der Waals surface area contributed by atoms with Crippen LogP contribution in [0, 0.1) is 34.0 Å². The quantitative estimate of drug-likeness (QED) is 0.654. The van der Waals surface area contributed by atoms with Crippen molar-refractivity contribution < 1.29 is 4.42 Å². The van der Waals surface area contributed by atoms with Gasteiger partial charge in [-0.1, -0.05) is 0 Å². The molecule has 0 spiro atoms. The molecular weight excluding hydrogens is 292 g/mol. The van der Waals surface area contributed by atoms with E-state index in [-0.39, 0.29) is 33.6 Å². The zero-order valence-corrected chi connectivity index (χ0v) is 11.7. The van der Waals surface area contributed by atoms with E-state index in [0.29, 0.717) is 16.8 Å². The van der Waals surface area contributed by atoms with Gasteiger partial charge in [-0.15, -0.1) is 0 Å². The van der Waals surface area contributed by atoms with Crippen LogP contribution < -0.4 is 11.5 Å². The second-order valence-corrected chi connectivity index (χ2v) is 4.67. The fourth-order valence-corrected chi connectivity index (χ4v) is 2.45. The molecule has 0 radical (unpaired) electrons. The zero-order chi connectivity index (χ0) is 16.6. The number of anilines is 2. The molecule has 23 heavy (non-hydrogen) atoms. The molecule has 0 aliphatic rings. The van der Waals surface area contributed by atoms with Gasteiger partial charge in [0.1, 0.15) is 35.3 Å². The third-order valence-corrected chi connectivity index (χ3v) is 3.46. The van der Waals surface area contributed by atoms with Crippen molar-refractivity contribution in [2.75, 3.05) is 11.5 Å². The maximum absolute atomic E-state index is 9.44. The predicted octanol–water partition coefficient (Wildman–Crippen LogP) is 2.27. The van der Waals surface area contributed by atoms with Crippen LogP contribution >= 0.6 is 0 Å². The highest BCUT2D eigenvalue weighted by Crippen LogP contribution is 2.37. The number of rotatable bonds is 1. The lowest BCUT2D eigenvalue weighted by atomic mass is 9.95. The average Bonchev–Trinajstić information content (AvgIpc) is 3.07. The van der Waals surface area contributed by atoms with Crippen molar-refractivity contribution in [1.29, 1.82) is 15.8 Å². The van der Waals surface area contributed by atoms with Gasteiger partial charge in [0.05, 0.1) is 28.6 Å². The van der Waals surface area contributed by atoms with Crippen molar-refractivity contribution in [3.63, 3.8) is 0 Å². The number of nitrogens with zero attached hydrogens (tertiary/aromatic N) is 4. The number of benzene rings is 1. The molecule has 108 valence electrons. The third-order valence-electron chi connectivity index (χ3n) is 3.46. The number of furan rings is 1. The standard InChI is InChI=1S/C16H8N6O/c17-5-9-11(7-19)16(21)22-12-4-8(13-2-1-3-23-13)10(6-18)15(20)14(9)12/h1-4H,20H2,(H2,21,22). The van der Waals surface area contributed by atoms with Gasteiger partial charge in [-0.2, -0.15) is 15.8 Å². The summed E-state index contributed by atoms with van der Waals surface area (Å²) in [7, 11) is 0. The summed E-state index contributed by atoms with van der Waals surface area (Å²) in [5, 5.41) is 28.2. The Morgan fingerprint density at radius 1 is 1.00 bits per heavy atom. The highest BCUT2D eigenvalue weighted by molar-refractivity contribution is 6.03. The molecule has 0 unspecified atom stereocenters. The molecule has 1 aromatic carbocycles. The molecule has 0 saturated heterocycles. The van der Waals surface area contributed by atoms with E-state index in [1.807, 2.05) is 18.2 Å². The molecule has 0 aliphatic heterocycles. The first-order valence-corrected chi connectivity index (χ1v) is 6.42. The molecule has 0 saturated carbocycles. The van der Waals surface area contributed by atoms with E-state index in [0.717, 1.165) is 0 Å². The Balaban J connectivity index is 2.54. The molecule has 3 rings (SSSR count). The highest BCUT2D eigenvalue weighted by Gasteiger charge is 2.21. The van der Waals surface area contributed by atoms with Crippen LogP contribution in [0.1, 0.15) is 16.7 Å². The van der Waals surface area contributed by atoms with Gasteiger partial charge < -0.3 is 15.9 Å². The van der Waals surface area contributed by atoms with Crippen LogP contribution in [-0.2, 0) is 0 Å². The Morgan fingerprint density at radius 2 is 1.70 bits per heavy atom. The molecular formula is C16H8N6O. The Hall–Kier alpha value is -4.02. The maximum Gasteiger partial charge on any atom is 0.143 e. The van der Waals surface area contributed by atoms with Crippen molar-refractivity contribution >= 4 is 22.4 Å². The van der Waals surface area contributed by atoms with Gasteiger partial charge in [0, 0.05) is 10.9 Å². The largest absolute Gasteiger partial charge is 0.464 e. The Morgan fingerprint density at radius 3 is 2.26 bits per heavy atom. The normalized spacial score (nSPS) is 9.96. The Kier molecular flexibility index (Phi) is 3.07. The summed E-state index contributed by atoms with van der Waals surface area (Å²) in [5.41, 5.74) is 12.8. The van der Waals surface area contributed by atoms with Gasteiger partial charge >= 0.3 is 0 Å². The summed E-state index contributed by atoms with van der Waals surface area (Å²) < 4.78 is 5.31. The van der Waals surface area contributed by atoms with Gasteiger partial charge in [0.25, 0.3) is 0 Å². The third kappa shape index (κ3) is 1.91. The highest BCUT2D eigenvalue weighted by atomic mass is 16.3. The number of nitrogen functional groups attached to an aromatic ring is 2. The Labute approximate surface area is 130 Å². The Bertz CT molecular complexity index is 1060.